The third kappa shape index (κ3) is 3.87. The Labute approximate surface area is 89.4 Å². The third-order valence-corrected chi connectivity index (χ3v) is 2.42. The smallest absolute Gasteiger partial charge is 0.323 e. The number of carboxylic acids is 1. The Morgan fingerprint density at radius 1 is 1.67 bits per heavy atom. The van der Waals surface area contributed by atoms with E-state index >= 15 is 0 Å². The third-order valence-electron chi connectivity index (χ3n) is 2.42. The fourth-order valence-electron chi connectivity index (χ4n) is 1.82. The second-order valence-corrected chi connectivity index (χ2v) is 4.38. The number of piperazine rings is 1. The summed E-state index contributed by atoms with van der Waals surface area (Å²) < 4.78 is 0. The van der Waals surface area contributed by atoms with Crippen LogP contribution in [0.1, 0.15) is 20.3 Å². The lowest BCUT2D eigenvalue weighted by Crippen LogP contribution is -2.55. The van der Waals surface area contributed by atoms with Crippen molar-refractivity contribution in [1.82, 2.24) is 10.2 Å². The molecule has 1 rings (SSSR count). The van der Waals surface area contributed by atoms with Gasteiger partial charge in [0, 0.05) is 12.6 Å². The van der Waals surface area contributed by atoms with E-state index in [9.17, 15) is 9.59 Å². The molecule has 1 saturated heterocycles. The zero-order valence-electron chi connectivity index (χ0n) is 9.19. The number of aliphatic carboxylic acids is 1. The fourth-order valence-corrected chi connectivity index (χ4v) is 1.82. The van der Waals surface area contributed by atoms with Crippen molar-refractivity contribution >= 4 is 11.9 Å². The molecular weight excluding hydrogens is 196 g/mol. The summed E-state index contributed by atoms with van der Waals surface area (Å²) in [4.78, 5) is 23.3. The van der Waals surface area contributed by atoms with Gasteiger partial charge in [-0.1, -0.05) is 13.8 Å². The quantitative estimate of drug-likeness (QED) is 0.686. The molecule has 1 amide bonds. The van der Waals surface area contributed by atoms with Gasteiger partial charge in [0.2, 0.25) is 5.91 Å². The molecule has 1 atom stereocenters. The first-order chi connectivity index (χ1) is 6.99. The maximum atomic E-state index is 11.4. The molecule has 1 fully saturated rings. The van der Waals surface area contributed by atoms with E-state index in [1.54, 1.807) is 0 Å². The van der Waals surface area contributed by atoms with Gasteiger partial charge in [0.1, 0.15) is 6.54 Å². The summed E-state index contributed by atoms with van der Waals surface area (Å²) in [6.45, 7) is 4.79. The van der Waals surface area contributed by atoms with Crippen LogP contribution in [0.2, 0.25) is 0 Å². The first-order valence-electron chi connectivity index (χ1n) is 5.22. The minimum Gasteiger partial charge on any atom is -0.480 e. The van der Waals surface area contributed by atoms with E-state index in [4.69, 9.17) is 5.11 Å². The normalized spacial score (nSPS) is 22.2. The largest absolute Gasteiger partial charge is 0.480 e. The second-order valence-electron chi connectivity index (χ2n) is 4.38. The van der Waals surface area contributed by atoms with Crippen LogP contribution < -0.4 is 5.32 Å². The van der Waals surface area contributed by atoms with Crippen molar-refractivity contribution in [1.29, 1.82) is 0 Å². The average molecular weight is 214 g/mol. The van der Waals surface area contributed by atoms with Crippen LogP contribution in [-0.4, -0.2) is 47.6 Å². The number of rotatable bonds is 4. The first-order valence-corrected chi connectivity index (χ1v) is 5.22. The Balaban J connectivity index is 2.48. The fraction of sp³-hybridized carbons (Fsp3) is 0.800. The van der Waals surface area contributed by atoms with E-state index in [0.717, 1.165) is 6.42 Å². The molecule has 0 aliphatic carbocycles. The monoisotopic (exact) mass is 214 g/mol. The van der Waals surface area contributed by atoms with Crippen LogP contribution in [0, 0.1) is 5.92 Å². The van der Waals surface area contributed by atoms with Crippen molar-refractivity contribution in [3.05, 3.63) is 0 Å². The Hall–Kier alpha value is -1.10. The van der Waals surface area contributed by atoms with Gasteiger partial charge in [-0.25, -0.2) is 0 Å². The van der Waals surface area contributed by atoms with Gasteiger partial charge in [0.25, 0.3) is 0 Å². The molecule has 0 aromatic carbocycles. The number of carboxylic acid groups (broad SMARTS) is 1. The van der Waals surface area contributed by atoms with Gasteiger partial charge in [-0.3, -0.25) is 9.59 Å². The molecule has 86 valence electrons. The highest BCUT2D eigenvalue weighted by Crippen LogP contribution is 2.09. The van der Waals surface area contributed by atoms with Crippen LogP contribution >= 0.6 is 0 Å². The van der Waals surface area contributed by atoms with Gasteiger partial charge in [0.15, 0.2) is 0 Å². The molecule has 1 heterocycles. The number of nitrogens with one attached hydrogen (secondary N) is 1. The Morgan fingerprint density at radius 2 is 2.33 bits per heavy atom. The van der Waals surface area contributed by atoms with Crippen LogP contribution in [0.15, 0.2) is 0 Å². The summed E-state index contributed by atoms with van der Waals surface area (Å²) in [6, 6.07) is 0.224. The van der Waals surface area contributed by atoms with Gasteiger partial charge in [-0.05, 0) is 12.3 Å². The molecule has 0 radical (unpaired) electrons. The number of nitrogens with zero attached hydrogens (tertiary/aromatic N) is 1. The van der Waals surface area contributed by atoms with E-state index in [-0.39, 0.29) is 25.0 Å². The maximum Gasteiger partial charge on any atom is 0.323 e. The van der Waals surface area contributed by atoms with Gasteiger partial charge < -0.3 is 15.3 Å². The molecule has 5 heteroatoms. The zero-order valence-corrected chi connectivity index (χ0v) is 9.19. The molecule has 0 saturated carbocycles. The number of carbonyl (C=O) groups is 2. The number of amides is 1. The van der Waals surface area contributed by atoms with Crippen molar-refractivity contribution in [2.24, 2.45) is 5.92 Å². The SMILES string of the molecule is CC(C)CC1CN(CC(=O)O)C(=O)CN1. The number of carbonyl (C=O) groups excluding carboxylic acids is 1. The van der Waals surface area contributed by atoms with Crippen molar-refractivity contribution in [2.75, 3.05) is 19.6 Å². The lowest BCUT2D eigenvalue weighted by molar-refractivity contribution is -0.145. The van der Waals surface area contributed by atoms with Gasteiger partial charge in [-0.2, -0.15) is 0 Å². The topological polar surface area (TPSA) is 69.6 Å². The van der Waals surface area contributed by atoms with Crippen LogP contribution in [0.5, 0.6) is 0 Å². The predicted molar refractivity (Wildman–Crippen MR) is 55.5 cm³/mol. The summed E-state index contributed by atoms with van der Waals surface area (Å²) >= 11 is 0. The molecule has 0 aromatic rings. The van der Waals surface area contributed by atoms with Gasteiger partial charge in [-0.15, -0.1) is 0 Å². The van der Waals surface area contributed by atoms with Crippen LogP contribution in [-0.2, 0) is 9.59 Å². The predicted octanol–water partition coefficient (Wildman–Crippen LogP) is -0.0825. The highest BCUT2D eigenvalue weighted by atomic mass is 16.4. The van der Waals surface area contributed by atoms with E-state index in [1.807, 2.05) is 0 Å². The van der Waals surface area contributed by atoms with Crippen LogP contribution in [0.3, 0.4) is 0 Å². The zero-order chi connectivity index (χ0) is 11.4. The van der Waals surface area contributed by atoms with Crippen LogP contribution in [0.25, 0.3) is 0 Å². The van der Waals surface area contributed by atoms with Crippen molar-refractivity contribution in [3.63, 3.8) is 0 Å². The Kier molecular flexibility index (Phi) is 4.08. The van der Waals surface area contributed by atoms with E-state index in [2.05, 4.69) is 19.2 Å². The first kappa shape index (κ1) is 12.0. The summed E-state index contributed by atoms with van der Waals surface area (Å²) in [6.07, 6.45) is 0.962. The summed E-state index contributed by atoms with van der Waals surface area (Å²) in [7, 11) is 0. The van der Waals surface area contributed by atoms with Crippen LogP contribution in [0.4, 0.5) is 0 Å². The molecule has 0 bridgehead atoms. The molecule has 0 spiro atoms. The molecule has 5 nitrogen and oxygen atoms in total. The molecule has 1 aliphatic rings. The van der Waals surface area contributed by atoms with E-state index in [1.165, 1.54) is 4.90 Å². The molecular formula is C10H18N2O3. The second kappa shape index (κ2) is 5.11. The summed E-state index contributed by atoms with van der Waals surface area (Å²) in [5.41, 5.74) is 0. The maximum absolute atomic E-state index is 11.4. The van der Waals surface area contributed by atoms with Gasteiger partial charge in [0.05, 0.1) is 6.54 Å². The van der Waals surface area contributed by atoms with Crippen molar-refractivity contribution in [3.8, 4) is 0 Å². The van der Waals surface area contributed by atoms with E-state index in [0.29, 0.717) is 12.5 Å². The lowest BCUT2D eigenvalue weighted by atomic mass is 10.0. The minimum absolute atomic E-state index is 0.127. The molecule has 1 unspecified atom stereocenters. The summed E-state index contributed by atoms with van der Waals surface area (Å²) in [5, 5.41) is 11.8. The number of hydrogen-bond acceptors (Lipinski definition) is 3. The molecule has 0 aromatic heterocycles. The molecule has 2 N–H and O–H groups in total. The average Bonchev–Trinajstić information content (AvgIpc) is 2.09. The Bertz CT molecular complexity index is 253. The van der Waals surface area contributed by atoms with Gasteiger partial charge >= 0.3 is 5.97 Å². The minimum atomic E-state index is -0.950. The van der Waals surface area contributed by atoms with E-state index < -0.39 is 5.97 Å². The highest BCUT2D eigenvalue weighted by molar-refractivity contribution is 5.83. The standard InChI is InChI=1S/C10H18N2O3/c1-7(2)3-8-5-12(6-10(14)15)9(13)4-11-8/h7-8,11H,3-6H2,1-2H3,(H,14,15). The molecule has 1 aliphatic heterocycles. The Morgan fingerprint density at radius 3 is 2.87 bits per heavy atom. The summed E-state index contributed by atoms with van der Waals surface area (Å²) in [5.74, 6) is -0.534. The van der Waals surface area contributed by atoms with Crippen molar-refractivity contribution < 1.29 is 14.7 Å². The molecule has 15 heavy (non-hydrogen) atoms. The van der Waals surface area contributed by atoms with Crippen molar-refractivity contribution in [2.45, 2.75) is 26.3 Å². The number of hydrogen-bond donors (Lipinski definition) is 2. The highest BCUT2D eigenvalue weighted by Gasteiger charge is 2.26. The lowest BCUT2D eigenvalue weighted by Gasteiger charge is -2.33.